The van der Waals surface area contributed by atoms with Crippen LogP contribution < -0.4 is 5.32 Å². The van der Waals surface area contributed by atoms with Crippen LogP contribution in [0.25, 0.3) is 5.65 Å². The van der Waals surface area contributed by atoms with Gasteiger partial charge >= 0.3 is 0 Å². The lowest BCUT2D eigenvalue weighted by Crippen LogP contribution is -2.32. The van der Waals surface area contributed by atoms with Crippen LogP contribution in [0.3, 0.4) is 0 Å². The fraction of sp³-hybridized carbons (Fsp3) is 0.455. The van der Waals surface area contributed by atoms with Crippen LogP contribution in [0.2, 0.25) is 0 Å². The van der Waals surface area contributed by atoms with Crippen molar-refractivity contribution in [2.75, 3.05) is 18.4 Å². The summed E-state index contributed by atoms with van der Waals surface area (Å²) in [7, 11) is 0. The van der Waals surface area contributed by atoms with E-state index >= 15 is 0 Å². The van der Waals surface area contributed by atoms with Gasteiger partial charge in [-0.15, -0.1) is 15.3 Å². The van der Waals surface area contributed by atoms with Crippen LogP contribution in [0.1, 0.15) is 45.0 Å². The molecule has 1 aliphatic heterocycles. The van der Waals surface area contributed by atoms with Crippen molar-refractivity contribution >= 4 is 17.4 Å². The molecule has 1 saturated heterocycles. The molecule has 1 amide bonds. The van der Waals surface area contributed by atoms with Crippen LogP contribution in [0.4, 0.5) is 5.82 Å². The molecule has 1 aliphatic rings. The van der Waals surface area contributed by atoms with Crippen molar-refractivity contribution in [3.8, 4) is 0 Å². The van der Waals surface area contributed by atoms with Gasteiger partial charge in [0.15, 0.2) is 11.5 Å². The second-order valence-electron chi connectivity index (χ2n) is 8.72. The summed E-state index contributed by atoms with van der Waals surface area (Å²) in [6.07, 6.45) is 2.26. The van der Waals surface area contributed by atoms with Crippen LogP contribution in [-0.4, -0.2) is 49.7 Å². The van der Waals surface area contributed by atoms with Gasteiger partial charge in [-0.1, -0.05) is 51.1 Å². The zero-order chi connectivity index (χ0) is 20.4. The minimum absolute atomic E-state index is 0.139. The van der Waals surface area contributed by atoms with Crippen LogP contribution >= 0.6 is 0 Å². The number of hydrogen-bond donors (Lipinski definition) is 1. The summed E-state index contributed by atoms with van der Waals surface area (Å²) in [5.41, 5.74) is 1.81. The molecule has 1 atom stereocenters. The second-order valence-corrected chi connectivity index (χ2v) is 8.72. The summed E-state index contributed by atoms with van der Waals surface area (Å²) >= 11 is 0. The molecule has 1 fully saturated rings. The smallest absolute Gasteiger partial charge is 0.222 e. The summed E-state index contributed by atoms with van der Waals surface area (Å²) in [5.74, 6) is 1.84. The number of nitrogens with one attached hydrogen (secondary N) is 1. The van der Waals surface area contributed by atoms with Crippen LogP contribution in [-0.2, 0) is 16.6 Å². The van der Waals surface area contributed by atoms with E-state index in [2.05, 4.69) is 53.5 Å². The molecule has 29 heavy (non-hydrogen) atoms. The zero-order valence-corrected chi connectivity index (χ0v) is 17.3. The maximum atomic E-state index is 12.6. The number of fused-ring (bicyclic) bond motifs is 1. The highest BCUT2D eigenvalue weighted by Crippen LogP contribution is 2.22. The molecule has 3 heterocycles. The molecule has 1 aromatic carbocycles. The third-order valence-corrected chi connectivity index (χ3v) is 5.30. The van der Waals surface area contributed by atoms with E-state index in [-0.39, 0.29) is 17.4 Å². The first-order valence-electron chi connectivity index (χ1n) is 10.2. The number of anilines is 1. The zero-order valence-electron chi connectivity index (χ0n) is 17.3. The Morgan fingerprint density at radius 2 is 1.93 bits per heavy atom. The highest BCUT2D eigenvalue weighted by atomic mass is 16.2. The summed E-state index contributed by atoms with van der Waals surface area (Å²) < 4.78 is 1.81. The SMILES string of the molecule is CC(C)(C)c1nnc2ccc(NC3CCN(C(=O)CCc4ccccc4)C3)nn12. The highest BCUT2D eigenvalue weighted by molar-refractivity contribution is 5.77. The number of likely N-dealkylation sites (tertiary alicyclic amines) is 1. The molecule has 152 valence electrons. The van der Waals surface area contributed by atoms with Gasteiger partial charge in [0.25, 0.3) is 0 Å². The van der Waals surface area contributed by atoms with Crippen molar-refractivity contribution in [2.24, 2.45) is 0 Å². The van der Waals surface area contributed by atoms with Crippen LogP contribution in [0.5, 0.6) is 0 Å². The summed E-state index contributed by atoms with van der Waals surface area (Å²) in [6, 6.07) is 14.2. The van der Waals surface area contributed by atoms with Crippen molar-refractivity contribution in [3.63, 3.8) is 0 Å². The van der Waals surface area contributed by atoms with Gasteiger partial charge in [-0.25, -0.2) is 0 Å². The maximum Gasteiger partial charge on any atom is 0.222 e. The van der Waals surface area contributed by atoms with E-state index in [9.17, 15) is 4.79 Å². The number of nitrogens with zero attached hydrogens (tertiary/aromatic N) is 5. The van der Waals surface area contributed by atoms with Crippen LogP contribution in [0, 0.1) is 0 Å². The fourth-order valence-electron chi connectivity index (χ4n) is 3.70. The van der Waals surface area contributed by atoms with E-state index in [1.54, 1.807) is 4.52 Å². The molecule has 3 aromatic rings. The van der Waals surface area contributed by atoms with E-state index in [1.165, 1.54) is 5.56 Å². The van der Waals surface area contributed by atoms with Gasteiger partial charge in [-0.05, 0) is 30.5 Å². The minimum Gasteiger partial charge on any atom is -0.364 e. The number of benzene rings is 1. The molecule has 1 N–H and O–H groups in total. The van der Waals surface area contributed by atoms with E-state index in [0.717, 1.165) is 36.7 Å². The normalized spacial score (nSPS) is 17.1. The predicted molar refractivity (Wildman–Crippen MR) is 113 cm³/mol. The number of carbonyl (C=O) groups excluding carboxylic acids is 1. The average molecular weight is 393 g/mol. The van der Waals surface area contributed by atoms with Gasteiger partial charge < -0.3 is 10.2 Å². The van der Waals surface area contributed by atoms with Gasteiger partial charge in [0.1, 0.15) is 5.82 Å². The van der Waals surface area contributed by atoms with Crippen molar-refractivity contribution in [1.29, 1.82) is 0 Å². The highest BCUT2D eigenvalue weighted by Gasteiger charge is 2.27. The molecule has 4 rings (SSSR count). The molecule has 0 bridgehead atoms. The van der Waals surface area contributed by atoms with Crippen molar-refractivity contribution in [1.82, 2.24) is 24.7 Å². The molecular formula is C22H28N6O. The summed E-state index contributed by atoms with van der Waals surface area (Å²) in [6.45, 7) is 7.79. The van der Waals surface area contributed by atoms with Crippen molar-refractivity contribution in [2.45, 2.75) is 51.5 Å². The molecule has 1 unspecified atom stereocenters. The summed E-state index contributed by atoms with van der Waals surface area (Å²) in [4.78, 5) is 14.5. The third kappa shape index (κ3) is 4.39. The Bertz CT molecular complexity index is 991. The lowest BCUT2D eigenvalue weighted by molar-refractivity contribution is -0.130. The Morgan fingerprint density at radius 3 is 2.69 bits per heavy atom. The van der Waals surface area contributed by atoms with E-state index in [0.29, 0.717) is 13.0 Å². The minimum atomic E-state index is -0.139. The molecule has 7 nitrogen and oxygen atoms in total. The van der Waals surface area contributed by atoms with E-state index in [1.807, 2.05) is 35.2 Å². The van der Waals surface area contributed by atoms with Gasteiger partial charge in [0.05, 0.1) is 0 Å². The molecule has 2 aromatic heterocycles. The Labute approximate surface area is 171 Å². The molecule has 0 aliphatic carbocycles. The summed E-state index contributed by atoms with van der Waals surface area (Å²) in [5, 5.41) is 16.7. The Hall–Kier alpha value is -2.96. The average Bonchev–Trinajstić information content (AvgIpc) is 3.33. The number of rotatable bonds is 5. The van der Waals surface area contributed by atoms with Gasteiger partial charge in [0, 0.05) is 31.0 Å². The lowest BCUT2D eigenvalue weighted by atomic mass is 9.96. The van der Waals surface area contributed by atoms with Crippen LogP contribution in [0.15, 0.2) is 42.5 Å². The Balaban J connectivity index is 1.36. The van der Waals surface area contributed by atoms with Gasteiger partial charge in [-0.2, -0.15) is 4.52 Å². The monoisotopic (exact) mass is 392 g/mol. The van der Waals surface area contributed by atoms with E-state index in [4.69, 9.17) is 0 Å². The Kier molecular flexibility index (Phi) is 5.22. The van der Waals surface area contributed by atoms with Gasteiger partial charge in [0.2, 0.25) is 5.91 Å². The molecule has 7 heteroatoms. The topological polar surface area (TPSA) is 75.4 Å². The third-order valence-electron chi connectivity index (χ3n) is 5.30. The largest absolute Gasteiger partial charge is 0.364 e. The number of carbonyl (C=O) groups is 1. The number of aromatic nitrogens is 4. The predicted octanol–water partition coefficient (Wildman–Crippen LogP) is 3.07. The Morgan fingerprint density at radius 1 is 1.14 bits per heavy atom. The number of amides is 1. The molecule has 0 spiro atoms. The lowest BCUT2D eigenvalue weighted by Gasteiger charge is -2.18. The number of aryl methyl sites for hydroxylation is 1. The second kappa shape index (κ2) is 7.81. The molecule has 0 radical (unpaired) electrons. The number of hydrogen-bond acceptors (Lipinski definition) is 5. The van der Waals surface area contributed by atoms with E-state index < -0.39 is 0 Å². The van der Waals surface area contributed by atoms with Gasteiger partial charge in [-0.3, -0.25) is 4.79 Å². The quantitative estimate of drug-likeness (QED) is 0.722. The van der Waals surface area contributed by atoms with Crippen molar-refractivity contribution < 1.29 is 4.79 Å². The maximum absolute atomic E-state index is 12.6. The first-order chi connectivity index (χ1) is 13.9. The standard InChI is InChI=1S/C22H28N6O/c1-22(2,3)21-25-24-19-11-10-18(26-28(19)21)23-17-13-14-27(15-17)20(29)12-9-16-7-5-4-6-8-16/h4-8,10-11,17H,9,12-15H2,1-3H3,(H,23,26). The van der Waals surface area contributed by atoms with Crippen molar-refractivity contribution in [3.05, 3.63) is 53.9 Å². The fourth-order valence-corrected chi connectivity index (χ4v) is 3.70. The first kappa shape index (κ1) is 19.4. The molecular weight excluding hydrogens is 364 g/mol. The first-order valence-corrected chi connectivity index (χ1v) is 10.2. The molecule has 0 saturated carbocycles.